The number of piperidine rings is 3. The van der Waals surface area contributed by atoms with Crippen molar-refractivity contribution in [3.63, 3.8) is 0 Å². The minimum Gasteiger partial charge on any atom is -0.348 e. The minimum atomic E-state index is -0.243. The summed E-state index contributed by atoms with van der Waals surface area (Å²) < 4.78 is 13.0. The van der Waals surface area contributed by atoms with Gasteiger partial charge in [-0.3, -0.25) is 4.79 Å². The van der Waals surface area contributed by atoms with Crippen LogP contribution in [0.25, 0.3) is 11.1 Å². The third kappa shape index (κ3) is 3.06. The molecule has 1 atom stereocenters. The SMILES string of the molecule is O=C(NC1CN2CCC1CC2)c1ccc(-c2ccc(F)cc2)cc1. The van der Waals surface area contributed by atoms with Gasteiger partial charge in [0.25, 0.3) is 5.91 Å². The first-order chi connectivity index (χ1) is 11.7. The maximum absolute atomic E-state index is 13.0. The maximum atomic E-state index is 13.0. The number of amides is 1. The number of nitrogens with one attached hydrogen (secondary N) is 1. The summed E-state index contributed by atoms with van der Waals surface area (Å²) >= 11 is 0. The minimum absolute atomic E-state index is 0.000550. The van der Waals surface area contributed by atoms with Crippen molar-refractivity contribution in [2.75, 3.05) is 19.6 Å². The molecule has 3 heterocycles. The number of carbonyl (C=O) groups is 1. The average molecular weight is 324 g/mol. The second kappa shape index (κ2) is 6.36. The summed E-state index contributed by atoms with van der Waals surface area (Å²) in [6.45, 7) is 3.32. The lowest BCUT2D eigenvalue weighted by molar-refractivity contribution is 0.0620. The van der Waals surface area contributed by atoms with Crippen molar-refractivity contribution in [3.05, 3.63) is 59.9 Å². The number of hydrogen-bond acceptors (Lipinski definition) is 2. The molecule has 2 aromatic carbocycles. The fraction of sp³-hybridized carbons (Fsp3) is 0.350. The summed E-state index contributed by atoms with van der Waals surface area (Å²) in [5.74, 6) is 0.379. The van der Waals surface area contributed by atoms with Gasteiger partial charge in [-0.1, -0.05) is 24.3 Å². The predicted octanol–water partition coefficient (Wildman–Crippen LogP) is 3.32. The number of rotatable bonds is 3. The highest BCUT2D eigenvalue weighted by Gasteiger charge is 2.34. The zero-order chi connectivity index (χ0) is 16.5. The Hall–Kier alpha value is -2.20. The Balaban J connectivity index is 1.44. The molecule has 1 unspecified atom stereocenters. The van der Waals surface area contributed by atoms with Crippen LogP contribution in [0.5, 0.6) is 0 Å². The van der Waals surface area contributed by atoms with Crippen LogP contribution in [0.1, 0.15) is 23.2 Å². The van der Waals surface area contributed by atoms with Gasteiger partial charge in [-0.25, -0.2) is 4.39 Å². The Morgan fingerprint density at radius 3 is 2.08 bits per heavy atom. The molecule has 0 spiro atoms. The molecule has 0 aromatic heterocycles. The van der Waals surface area contributed by atoms with E-state index < -0.39 is 0 Å². The molecule has 5 rings (SSSR count). The summed E-state index contributed by atoms with van der Waals surface area (Å²) in [5, 5.41) is 3.20. The average Bonchev–Trinajstić information content (AvgIpc) is 2.63. The van der Waals surface area contributed by atoms with Gasteiger partial charge in [0.1, 0.15) is 5.82 Å². The zero-order valence-electron chi connectivity index (χ0n) is 13.5. The number of carbonyl (C=O) groups excluding carboxylic acids is 1. The van der Waals surface area contributed by atoms with Gasteiger partial charge in [-0.2, -0.15) is 0 Å². The van der Waals surface area contributed by atoms with Gasteiger partial charge in [0, 0.05) is 18.2 Å². The van der Waals surface area contributed by atoms with Crippen molar-refractivity contribution in [2.45, 2.75) is 18.9 Å². The molecular formula is C20H21FN2O. The van der Waals surface area contributed by atoms with Gasteiger partial charge >= 0.3 is 0 Å². The third-order valence-corrected chi connectivity index (χ3v) is 5.30. The zero-order valence-corrected chi connectivity index (χ0v) is 13.5. The maximum Gasteiger partial charge on any atom is 0.251 e. The molecule has 3 nitrogen and oxygen atoms in total. The molecule has 0 radical (unpaired) electrons. The molecule has 0 saturated carbocycles. The molecule has 124 valence electrons. The lowest BCUT2D eigenvalue weighted by Crippen LogP contribution is -2.57. The normalized spacial score (nSPS) is 25.5. The van der Waals surface area contributed by atoms with Gasteiger partial charge in [0.15, 0.2) is 0 Å². The fourth-order valence-electron chi connectivity index (χ4n) is 3.84. The largest absolute Gasteiger partial charge is 0.348 e. The number of benzene rings is 2. The molecule has 1 N–H and O–H groups in total. The summed E-state index contributed by atoms with van der Waals surface area (Å²) in [4.78, 5) is 14.9. The molecule has 3 fully saturated rings. The highest BCUT2D eigenvalue weighted by Crippen LogP contribution is 2.28. The second-order valence-corrected chi connectivity index (χ2v) is 6.80. The molecule has 0 aliphatic carbocycles. The predicted molar refractivity (Wildman–Crippen MR) is 92.3 cm³/mol. The standard InChI is InChI=1S/C20H21FN2O/c21-18-7-5-15(6-8-18)14-1-3-17(4-2-14)20(24)22-19-13-23-11-9-16(19)10-12-23/h1-8,16,19H,9-13H2,(H,22,24). The lowest BCUT2D eigenvalue weighted by Gasteiger charge is -2.44. The number of hydrogen-bond donors (Lipinski definition) is 1. The van der Waals surface area contributed by atoms with Crippen LogP contribution in [0.15, 0.2) is 48.5 Å². The quantitative estimate of drug-likeness (QED) is 0.939. The van der Waals surface area contributed by atoms with E-state index in [9.17, 15) is 9.18 Å². The van der Waals surface area contributed by atoms with Crippen LogP contribution >= 0.6 is 0 Å². The van der Waals surface area contributed by atoms with E-state index in [1.54, 1.807) is 12.1 Å². The van der Waals surface area contributed by atoms with Crippen LogP contribution in [0.2, 0.25) is 0 Å². The molecular weight excluding hydrogens is 303 g/mol. The number of nitrogens with zero attached hydrogens (tertiary/aromatic N) is 1. The molecule has 24 heavy (non-hydrogen) atoms. The van der Waals surface area contributed by atoms with Gasteiger partial charge in [-0.05, 0) is 67.2 Å². The van der Waals surface area contributed by atoms with E-state index in [1.807, 2.05) is 24.3 Å². The van der Waals surface area contributed by atoms with Gasteiger partial charge in [0.2, 0.25) is 0 Å². The molecule has 1 amide bonds. The third-order valence-electron chi connectivity index (χ3n) is 5.30. The van der Waals surface area contributed by atoms with Crippen molar-refractivity contribution < 1.29 is 9.18 Å². The van der Waals surface area contributed by atoms with Crippen molar-refractivity contribution >= 4 is 5.91 Å². The number of fused-ring (bicyclic) bond motifs is 3. The first-order valence-corrected chi connectivity index (χ1v) is 8.58. The lowest BCUT2D eigenvalue weighted by atomic mass is 9.84. The van der Waals surface area contributed by atoms with Gasteiger partial charge in [0.05, 0.1) is 0 Å². The van der Waals surface area contributed by atoms with Gasteiger partial charge < -0.3 is 10.2 Å². The van der Waals surface area contributed by atoms with E-state index in [0.717, 1.165) is 17.7 Å². The van der Waals surface area contributed by atoms with E-state index in [0.29, 0.717) is 11.5 Å². The molecule has 3 aliphatic rings. The Bertz CT molecular complexity index is 718. The van der Waals surface area contributed by atoms with Crippen molar-refractivity contribution in [2.24, 2.45) is 5.92 Å². The van der Waals surface area contributed by atoms with Crippen LogP contribution < -0.4 is 5.32 Å². The molecule has 2 bridgehead atoms. The Morgan fingerprint density at radius 2 is 1.54 bits per heavy atom. The van der Waals surface area contributed by atoms with Crippen LogP contribution in [0, 0.1) is 11.7 Å². The molecule has 2 aromatic rings. The number of halogens is 1. The summed E-state index contributed by atoms with van der Waals surface area (Å²) in [7, 11) is 0. The topological polar surface area (TPSA) is 32.3 Å². The summed E-state index contributed by atoms with van der Waals surface area (Å²) in [6, 6.07) is 14.2. The summed E-state index contributed by atoms with van der Waals surface area (Å²) in [6.07, 6.45) is 2.38. The first-order valence-electron chi connectivity index (χ1n) is 8.58. The van der Waals surface area contributed by atoms with E-state index >= 15 is 0 Å². The van der Waals surface area contributed by atoms with Crippen molar-refractivity contribution in [3.8, 4) is 11.1 Å². The Labute approximate surface area is 141 Å². The molecule has 4 heteroatoms. The monoisotopic (exact) mass is 324 g/mol. The van der Waals surface area contributed by atoms with E-state index in [-0.39, 0.29) is 17.8 Å². The van der Waals surface area contributed by atoms with E-state index in [4.69, 9.17) is 0 Å². The van der Waals surface area contributed by atoms with Gasteiger partial charge in [-0.15, -0.1) is 0 Å². The molecule has 3 saturated heterocycles. The Kier molecular flexibility index (Phi) is 4.07. The highest BCUT2D eigenvalue weighted by atomic mass is 19.1. The fourth-order valence-corrected chi connectivity index (χ4v) is 3.84. The van der Waals surface area contributed by atoms with Crippen LogP contribution in [0.3, 0.4) is 0 Å². The van der Waals surface area contributed by atoms with Crippen molar-refractivity contribution in [1.29, 1.82) is 0 Å². The Morgan fingerprint density at radius 1 is 0.958 bits per heavy atom. The first kappa shape index (κ1) is 15.3. The second-order valence-electron chi connectivity index (χ2n) is 6.80. The molecule has 3 aliphatic heterocycles. The van der Waals surface area contributed by atoms with Crippen LogP contribution in [-0.2, 0) is 0 Å². The van der Waals surface area contributed by atoms with Crippen LogP contribution in [-0.4, -0.2) is 36.5 Å². The van der Waals surface area contributed by atoms with Crippen LogP contribution in [0.4, 0.5) is 4.39 Å². The van der Waals surface area contributed by atoms with Crippen molar-refractivity contribution in [1.82, 2.24) is 10.2 Å². The van der Waals surface area contributed by atoms with E-state index in [2.05, 4.69) is 10.2 Å². The highest BCUT2D eigenvalue weighted by molar-refractivity contribution is 5.94. The summed E-state index contributed by atoms with van der Waals surface area (Å²) in [5.41, 5.74) is 2.60. The smallest absolute Gasteiger partial charge is 0.251 e. The van der Waals surface area contributed by atoms with E-state index in [1.165, 1.54) is 38.1 Å².